The SMILES string of the molecule is CCCCC(C)C(=O)[O-].CCCCC(C)C(=O)[O-].CCCCC(C)C(=O)[O-].[Fe+3]. The topological polar surface area (TPSA) is 120 Å². The van der Waals surface area contributed by atoms with Gasteiger partial charge in [-0.15, -0.1) is 0 Å². The van der Waals surface area contributed by atoms with Gasteiger partial charge in [-0.05, 0) is 37.0 Å². The minimum atomic E-state index is -0.927. The molecule has 0 aliphatic rings. The average molecular weight is 443 g/mol. The van der Waals surface area contributed by atoms with E-state index in [1.165, 1.54) is 0 Å². The third-order valence-corrected chi connectivity index (χ3v) is 4.18. The van der Waals surface area contributed by atoms with E-state index >= 15 is 0 Å². The second kappa shape index (κ2) is 24.0. The van der Waals surface area contributed by atoms with Crippen LogP contribution in [0.1, 0.15) is 99.3 Å². The maximum atomic E-state index is 10.1. The first-order valence-corrected chi connectivity index (χ1v) is 10.2. The van der Waals surface area contributed by atoms with Crippen molar-refractivity contribution >= 4 is 17.9 Å². The second-order valence-electron chi connectivity index (χ2n) is 7.09. The first-order chi connectivity index (χ1) is 12.5. The predicted octanol–water partition coefficient (Wildman–Crippen LogP) is 1.69. The normalized spacial score (nSPS) is 12.6. The zero-order valence-corrected chi connectivity index (χ0v) is 19.5. The molecule has 0 amide bonds. The van der Waals surface area contributed by atoms with Crippen molar-refractivity contribution in [1.29, 1.82) is 0 Å². The van der Waals surface area contributed by atoms with Crippen LogP contribution < -0.4 is 15.3 Å². The Balaban J connectivity index is -0.000000152. The molecule has 3 atom stereocenters. The maximum absolute atomic E-state index is 10.1. The quantitative estimate of drug-likeness (QED) is 0.423. The molecule has 0 bridgehead atoms. The van der Waals surface area contributed by atoms with Gasteiger partial charge in [0, 0.05) is 17.9 Å². The van der Waals surface area contributed by atoms with Crippen LogP contribution in [0.3, 0.4) is 0 Å². The molecule has 6 nitrogen and oxygen atoms in total. The third kappa shape index (κ3) is 27.2. The van der Waals surface area contributed by atoms with Crippen LogP contribution in [0.15, 0.2) is 0 Å². The van der Waals surface area contributed by atoms with Crippen molar-refractivity contribution in [1.82, 2.24) is 0 Å². The average Bonchev–Trinajstić information content (AvgIpc) is 2.62. The Hall–Kier alpha value is -1.07. The predicted molar refractivity (Wildman–Crippen MR) is 101 cm³/mol. The van der Waals surface area contributed by atoms with Crippen molar-refractivity contribution in [2.45, 2.75) is 99.3 Å². The van der Waals surface area contributed by atoms with Crippen LogP contribution in [0.5, 0.6) is 0 Å². The Morgan fingerprint density at radius 1 is 0.571 bits per heavy atom. The molecule has 7 heteroatoms. The fourth-order valence-electron chi connectivity index (χ4n) is 1.88. The molecule has 167 valence electrons. The number of carboxylic acids is 3. The van der Waals surface area contributed by atoms with Gasteiger partial charge in [-0.2, -0.15) is 0 Å². The van der Waals surface area contributed by atoms with Crippen LogP contribution in [0.4, 0.5) is 0 Å². The van der Waals surface area contributed by atoms with E-state index in [4.69, 9.17) is 0 Å². The van der Waals surface area contributed by atoms with Crippen LogP contribution >= 0.6 is 0 Å². The summed E-state index contributed by atoms with van der Waals surface area (Å²) in [5.74, 6) is -3.60. The second-order valence-corrected chi connectivity index (χ2v) is 7.09. The van der Waals surface area contributed by atoms with Crippen molar-refractivity contribution in [2.24, 2.45) is 17.8 Å². The summed E-state index contributed by atoms with van der Waals surface area (Å²) in [6.07, 6.45) is 8.35. The number of carbonyl (C=O) groups excluding carboxylic acids is 3. The smallest absolute Gasteiger partial charge is 0.550 e. The van der Waals surface area contributed by atoms with Crippen LogP contribution in [0, 0.1) is 17.8 Å². The largest absolute Gasteiger partial charge is 3.00 e. The van der Waals surface area contributed by atoms with E-state index in [1.807, 2.05) is 20.8 Å². The summed E-state index contributed by atoms with van der Waals surface area (Å²) in [7, 11) is 0. The Bertz CT molecular complexity index is 330. The first-order valence-electron chi connectivity index (χ1n) is 10.2. The fourth-order valence-corrected chi connectivity index (χ4v) is 1.88. The van der Waals surface area contributed by atoms with E-state index in [0.29, 0.717) is 0 Å². The summed E-state index contributed by atoms with van der Waals surface area (Å²) in [6.45, 7) is 11.2. The summed E-state index contributed by atoms with van der Waals surface area (Å²) < 4.78 is 0. The molecular formula is C21H39FeO6. The summed E-state index contributed by atoms with van der Waals surface area (Å²) in [5, 5.41) is 30.3. The number of carboxylic acid groups (broad SMARTS) is 3. The molecule has 0 saturated carbocycles. The Labute approximate surface area is 182 Å². The molecule has 0 heterocycles. The zero-order valence-electron chi connectivity index (χ0n) is 18.4. The molecule has 0 aromatic heterocycles. The summed E-state index contributed by atoms with van der Waals surface area (Å²) in [4.78, 5) is 30.3. The molecule has 3 unspecified atom stereocenters. The van der Waals surface area contributed by atoms with Gasteiger partial charge in [-0.1, -0.05) is 80.1 Å². The molecule has 0 spiro atoms. The van der Waals surface area contributed by atoms with Crippen molar-refractivity contribution < 1.29 is 46.8 Å². The Morgan fingerprint density at radius 2 is 0.750 bits per heavy atom. The molecule has 28 heavy (non-hydrogen) atoms. The minimum Gasteiger partial charge on any atom is -0.550 e. The monoisotopic (exact) mass is 443 g/mol. The van der Waals surface area contributed by atoms with E-state index < -0.39 is 17.9 Å². The van der Waals surface area contributed by atoms with E-state index in [2.05, 4.69) is 0 Å². The van der Waals surface area contributed by atoms with Gasteiger partial charge in [-0.3, -0.25) is 0 Å². The summed E-state index contributed by atoms with van der Waals surface area (Å²) in [6, 6.07) is 0. The first kappa shape index (κ1) is 34.4. The van der Waals surface area contributed by atoms with Gasteiger partial charge in [0.25, 0.3) is 0 Å². The van der Waals surface area contributed by atoms with Gasteiger partial charge >= 0.3 is 17.1 Å². The van der Waals surface area contributed by atoms with Gasteiger partial charge in [-0.25, -0.2) is 0 Å². The van der Waals surface area contributed by atoms with E-state index in [-0.39, 0.29) is 34.8 Å². The van der Waals surface area contributed by atoms with Crippen molar-refractivity contribution in [3.63, 3.8) is 0 Å². The minimum absolute atomic E-state index is 0. The van der Waals surface area contributed by atoms with Crippen molar-refractivity contribution in [2.75, 3.05) is 0 Å². The van der Waals surface area contributed by atoms with Gasteiger partial charge < -0.3 is 29.7 Å². The van der Waals surface area contributed by atoms with Gasteiger partial charge in [0.05, 0.1) is 0 Å². The maximum Gasteiger partial charge on any atom is 3.00 e. The number of aliphatic carboxylic acids is 3. The number of hydrogen-bond acceptors (Lipinski definition) is 6. The van der Waals surface area contributed by atoms with Crippen LogP contribution in [-0.4, -0.2) is 17.9 Å². The third-order valence-electron chi connectivity index (χ3n) is 4.18. The molecule has 0 aromatic carbocycles. The fraction of sp³-hybridized carbons (Fsp3) is 0.857. The molecule has 1 radical (unpaired) electrons. The van der Waals surface area contributed by atoms with Gasteiger partial charge in [0.1, 0.15) is 0 Å². The van der Waals surface area contributed by atoms with Crippen LogP contribution in [0.2, 0.25) is 0 Å². The molecule has 0 aliphatic heterocycles. The standard InChI is InChI=1S/3C7H14O2.Fe/c3*1-3-4-5-6(2)7(8)9;/h3*6H,3-5H2,1-2H3,(H,8,9);/q;;;+3/p-3. The Kier molecular flexibility index (Phi) is 29.5. The van der Waals surface area contributed by atoms with Crippen molar-refractivity contribution in [3.8, 4) is 0 Å². The van der Waals surface area contributed by atoms with Crippen molar-refractivity contribution in [3.05, 3.63) is 0 Å². The summed E-state index contributed by atoms with van der Waals surface area (Å²) >= 11 is 0. The molecule has 0 fully saturated rings. The molecule has 0 rings (SSSR count). The van der Waals surface area contributed by atoms with Crippen LogP contribution in [0.25, 0.3) is 0 Å². The van der Waals surface area contributed by atoms with Gasteiger partial charge in [0.15, 0.2) is 0 Å². The number of rotatable bonds is 12. The van der Waals surface area contributed by atoms with Crippen LogP contribution in [-0.2, 0) is 31.5 Å². The molecule has 0 aliphatic carbocycles. The van der Waals surface area contributed by atoms with Gasteiger partial charge in [0.2, 0.25) is 0 Å². The number of unbranched alkanes of at least 4 members (excludes halogenated alkanes) is 3. The Morgan fingerprint density at radius 3 is 0.857 bits per heavy atom. The molecule has 0 aromatic rings. The van der Waals surface area contributed by atoms with E-state index in [0.717, 1.165) is 57.8 Å². The van der Waals surface area contributed by atoms with E-state index in [9.17, 15) is 29.7 Å². The van der Waals surface area contributed by atoms with E-state index in [1.54, 1.807) is 20.8 Å². The molecular weight excluding hydrogens is 404 g/mol. The molecule has 0 N–H and O–H groups in total. The summed E-state index contributed by atoms with van der Waals surface area (Å²) in [5.41, 5.74) is 0. The zero-order chi connectivity index (χ0) is 21.8. The molecule has 0 saturated heterocycles. The number of carbonyl (C=O) groups is 3. The number of hydrogen-bond donors (Lipinski definition) is 0.